The maximum atomic E-state index is 13.2. The number of carbonyl (C=O) groups is 1. The van der Waals surface area contributed by atoms with E-state index in [2.05, 4.69) is 35.1 Å². The Morgan fingerprint density at radius 1 is 1.18 bits per heavy atom. The first-order chi connectivity index (χ1) is 19.3. The number of amides is 1. The van der Waals surface area contributed by atoms with E-state index in [-0.39, 0.29) is 17.6 Å². The van der Waals surface area contributed by atoms with E-state index in [1.54, 1.807) is 4.57 Å². The quantitative estimate of drug-likeness (QED) is 0.327. The fourth-order valence-electron chi connectivity index (χ4n) is 5.55. The van der Waals surface area contributed by atoms with Gasteiger partial charge in [0.15, 0.2) is 17.0 Å². The molecule has 1 aliphatic carbocycles. The molecule has 40 heavy (non-hydrogen) atoms. The molecule has 12 heteroatoms. The Morgan fingerprint density at radius 3 is 2.67 bits per heavy atom. The van der Waals surface area contributed by atoms with Crippen molar-refractivity contribution in [1.29, 1.82) is 0 Å². The molecule has 1 amide bonds. The highest BCUT2D eigenvalue weighted by atomic mass is 16.5. The molecule has 1 saturated heterocycles. The zero-order valence-electron chi connectivity index (χ0n) is 23.6. The standard InChI is InChI=1S/C28H37N9O3/c1-17-5-8-20-21(23(17)40-14-13-34(2)3)33-28(39)37(20)19-9-11-36(12-10-19)25-22-24(30-16-31-25)35(4)26(32-22)27(38)29-15-18-6-7-18/h5,8,16,18-19H,6-7,9-15H2,1-4H3,(H,29,38)(H,33,39). The van der Waals surface area contributed by atoms with Crippen molar-refractivity contribution in [1.82, 2.24) is 39.3 Å². The second kappa shape index (κ2) is 10.6. The number of hydrogen-bond donors (Lipinski definition) is 2. The number of imidazole rings is 2. The van der Waals surface area contributed by atoms with Gasteiger partial charge in [-0.2, -0.15) is 0 Å². The summed E-state index contributed by atoms with van der Waals surface area (Å²) in [6, 6.07) is 4.06. The van der Waals surface area contributed by atoms with Gasteiger partial charge in [-0.1, -0.05) is 6.07 Å². The number of piperidine rings is 1. The van der Waals surface area contributed by atoms with E-state index in [4.69, 9.17) is 4.74 Å². The summed E-state index contributed by atoms with van der Waals surface area (Å²) in [5, 5.41) is 3.00. The third kappa shape index (κ3) is 4.91. The van der Waals surface area contributed by atoms with Gasteiger partial charge in [-0.25, -0.2) is 19.7 Å². The van der Waals surface area contributed by atoms with Gasteiger partial charge in [-0.15, -0.1) is 0 Å². The predicted octanol–water partition coefficient (Wildman–Crippen LogP) is 2.24. The molecule has 0 spiro atoms. The van der Waals surface area contributed by atoms with Crippen molar-refractivity contribution in [3.05, 3.63) is 40.3 Å². The lowest BCUT2D eigenvalue weighted by Crippen LogP contribution is -2.37. The Bertz CT molecular complexity index is 1610. The first-order valence-corrected chi connectivity index (χ1v) is 14.0. The predicted molar refractivity (Wildman–Crippen MR) is 153 cm³/mol. The highest BCUT2D eigenvalue weighted by molar-refractivity contribution is 5.96. The van der Waals surface area contributed by atoms with Gasteiger partial charge < -0.3 is 29.4 Å². The number of aryl methyl sites for hydroxylation is 2. The molecule has 4 aromatic rings. The van der Waals surface area contributed by atoms with Gasteiger partial charge in [0.05, 0.1) is 5.52 Å². The number of anilines is 1. The highest BCUT2D eigenvalue weighted by Crippen LogP contribution is 2.33. The average Bonchev–Trinajstić information content (AvgIpc) is 3.63. The van der Waals surface area contributed by atoms with Gasteiger partial charge in [0.1, 0.15) is 24.2 Å². The minimum absolute atomic E-state index is 0.0413. The lowest BCUT2D eigenvalue weighted by Gasteiger charge is -2.33. The van der Waals surface area contributed by atoms with Crippen LogP contribution in [0.4, 0.5) is 5.82 Å². The first kappa shape index (κ1) is 26.3. The third-order valence-electron chi connectivity index (χ3n) is 8.04. The molecule has 12 nitrogen and oxygen atoms in total. The van der Waals surface area contributed by atoms with E-state index in [1.807, 2.05) is 44.8 Å². The summed E-state index contributed by atoms with van der Waals surface area (Å²) in [5.74, 6) is 2.21. The molecule has 4 heterocycles. The fourth-order valence-corrected chi connectivity index (χ4v) is 5.55. The largest absolute Gasteiger partial charge is 0.490 e. The van der Waals surface area contributed by atoms with E-state index in [1.165, 1.54) is 19.2 Å². The van der Waals surface area contributed by atoms with Crippen LogP contribution in [0.15, 0.2) is 23.3 Å². The second-order valence-corrected chi connectivity index (χ2v) is 11.3. The number of nitrogens with one attached hydrogen (secondary N) is 2. The van der Waals surface area contributed by atoms with Crippen LogP contribution in [0.5, 0.6) is 5.75 Å². The van der Waals surface area contributed by atoms with E-state index < -0.39 is 0 Å². The molecular formula is C28H37N9O3. The summed E-state index contributed by atoms with van der Waals surface area (Å²) < 4.78 is 9.72. The number of H-pyrrole nitrogens is 1. The Labute approximate surface area is 232 Å². The molecule has 2 fully saturated rings. The molecule has 0 radical (unpaired) electrons. The summed E-state index contributed by atoms with van der Waals surface area (Å²) in [6.45, 7) is 5.43. The van der Waals surface area contributed by atoms with E-state index in [9.17, 15) is 9.59 Å². The van der Waals surface area contributed by atoms with Crippen LogP contribution in [0.25, 0.3) is 22.2 Å². The van der Waals surface area contributed by atoms with Crippen LogP contribution in [0.1, 0.15) is 47.9 Å². The van der Waals surface area contributed by atoms with Crippen LogP contribution in [-0.2, 0) is 7.05 Å². The van der Waals surface area contributed by atoms with Crippen molar-refractivity contribution in [2.45, 2.75) is 38.6 Å². The Hall–Kier alpha value is -3.93. The molecule has 0 atom stereocenters. The molecule has 3 aromatic heterocycles. The highest BCUT2D eigenvalue weighted by Gasteiger charge is 2.29. The molecule has 2 aliphatic rings. The van der Waals surface area contributed by atoms with Gasteiger partial charge in [0.2, 0.25) is 5.82 Å². The number of aromatic amines is 1. The summed E-state index contributed by atoms with van der Waals surface area (Å²) >= 11 is 0. The molecule has 1 aliphatic heterocycles. The molecule has 1 aromatic carbocycles. The maximum absolute atomic E-state index is 13.2. The molecular weight excluding hydrogens is 510 g/mol. The number of rotatable bonds is 9. The second-order valence-electron chi connectivity index (χ2n) is 11.3. The molecule has 1 saturated carbocycles. The van der Waals surface area contributed by atoms with E-state index in [0.717, 1.165) is 47.6 Å². The number of fused-ring (bicyclic) bond motifs is 2. The van der Waals surface area contributed by atoms with E-state index in [0.29, 0.717) is 49.1 Å². The summed E-state index contributed by atoms with van der Waals surface area (Å²) in [5.41, 5.74) is 3.76. The number of ether oxygens (including phenoxy) is 1. The van der Waals surface area contributed by atoms with Crippen molar-refractivity contribution in [2.75, 3.05) is 51.8 Å². The van der Waals surface area contributed by atoms with Crippen molar-refractivity contribution in [2.24, 2.45) is 13.0 Å². The average molecular weight is 548 g/mol. The van der Waals surface area contributed by atoms with Crippen LogP contribution in [0.3, 0.4) is 0 Å². The number of likely N-dealkylation sites (N-methyl/N-ethyl adjacent to an activating group) is 1. The van der Waals surface area contributed by atoms with Gasteiger partial charge >= 0.3 is 5.69 Å². The topological polar surface area (TPSA) is 126 Å². The molecule has 212 valence electrons. The normalized spacial score (nSPS) is 16.4. The number of benzene rings is 1. The SMILES string of the molecule is Cc1ccc2c([nH]c(=O)n2C2CCN(c3ncnc4c3nc(C(=O)NCC3CC3)n4C)CC2)c1OCCN(C)C. The molecule has 0 unspecified atom stereocenters. The van der Waals surface area contributed by atoms with Crippen LogP contribution in [-0.4, -0.2) is 86.8 Å². The van der Waals surface area contributed by atoms with Gasteiger partial charge in [-0.3, -0.25) is 9.36 Å². The fraction of sp³-hybridized carbons (Fsp3) is 0.536. The van der Waals surface area contributed by atoms with Crippen molar-refractivity contribution in [3.63, 3.8) is 0 Å². The van der Waals surface area contributed by atoms with Crippen molar-refractivity contribution in [3.8, 4) is 5.75 Å². The Balaban J connectivity index is 1.21. The number of hydrogen-bond acceptors (Lipinski definition) is 8. The van der Waals surface area contributed by atoms with Gasteiger partial charge in [0.25, 0.3) is 5.91 Å². The molecule has 2 N–H and O–H groups in total. The molecule has 0 bridgehead atoms. The minimum atomic E-state index is -0.184. The monoisotopic (exact) mass is 547 g/mol. The summed E-state index contributed by atoms with van der Waals surface area (Å²) in [4.78, 5) is 46.9. The van der Waals surface area contributed by atoms with E-state index >= 15 is 0 Å². The van der Waals surface area contributed by atoms with Crippen LogP contribution < -0.4 is 20.6 Å². The van der Waals surface area contributed by atoms with Crippen LogP contribution in [0.2, 0.25) is 0 Å². The summed E-state index contributed by atoms with van der Waals surface area (Å²) in [6.07, 6.45) is 5.41. The first-order valence-electron chi connectivity index (χ1n) is 14.0. The van der Waals surface area contributed by atoms with Gasteiger partial charge in [-0.05, 0) is 64.3 Å². The Kier molecular flexibility index (Phi) is 6.95. The zero-order chi connectivity index (χ0) is 28.0. The zero-order valence-corrected chi connectivity index (χ0v) is 23.6. The van der Waals surface area contributed by atoms with Crippen LogP contribution >= 0.6 is 0 Å². The minimum Gasteiger partial charge on any atom is -0.490 e. The lowest BCUT2D eigenvalue weighted by atomic mass is 10.0. The summed E-state index contributed by atoms with van der Waals surface area (Å²) in [7, 11) is 5.83. The van der Waals surface area contributed by atoms with Crippen LogP contribution in [0, 0.1) is 12.8 Å². The molecule has 6 rings (SSSR count). The van der Waals surface area contributed by atoms with Gasteiger partial charge in [0, 0.05) is 39.3 Å². The number of carbonyl (C=O) groups excluding carboxylic acids is 1. The third-order valence-corrected chi connectivity index (χ3v) is 8.04. The number of nitrogens with zero attached hydrogens (tertiary/aromatic N) is 7. The van der Waals surface area contributed by atoms with Crippen molar-refractivity contribution < 1.29 is 9.53 Å². The number of aromatic nitrogens is 6. The Morgan fingerprint density at radius 2 is 1.95 bits per heavy atom. The lowest BCUT2D eigenvalue weighted by molar-refractivity contribution is 0.0938. The maximum Gasteiger partial charge on any atom is 0.326 e. The smallest absolute Gasteiger partial charge is 0.326 e. The van der Waals surface area contributed by atoms with Crippen molar-refractivity contribution >= 4 is 33.9 Å².